The number of Topliss-reactive ketones (excluding diaryl/α,β-unsaturated/α-hetero) is 1. The largest absolute Gasteiger partial charge is 0.299 e. The van der Waals surface area contributed by atoms with Gasteiger partial charge < -0.3 is 0 Å². The number of halogens is 1. The summed E-state index contributed by atoms with van der Waals surface area (Å²) in [4.78, 5) is 11.4. The standard InChI is InChI=1S/C14H15ClO/c1-14(2)11(9-13(14)16)8-12(15)10-6-4-3-5-7-10/h3-8,11H,9H2,1-2H3/b12-8-. The molecule has 0 spiro atoms. The maximum Gasteiger partial charge on any atom is 0.139 e. The van der Waals surface area contributed by atoms with E-state index in [1.54, 1.807) is 0 Å². The molecule has 0 radical (unpaired) electrons. The van der Waals surface area contributed by atoms with E-state index >= 15 is 0 Å². The van der Waals surface area contributed by atoms with Crippen molar-refractivity contribution in [2.45, 2.75) is 20.3 Å². The van der Waals surface area contributed by atoms with Crippen LogP contribution in [0.25, 0.3) is 5.03 Å². The van der Waals surface area contributed by atoms with Gasteiger partial charge in [0.2, 0.25) is 0 Å². The first-order chi connectivity index (χ1) is 7.51. The number of hydrogen-bond acceptors (Lipinski definition) is 1. The van der Waals surface area contributed by atoms with Crippen LogP contribution < -0.4 is 0 Å². The molecule has 0 aliphatic heterocycles. The zero-order valence-electron chi connectivity index (χ0n) is 9.53. The maximum atomic E-state index is 11.4. The highest BCUT2D eigenvalue weighted by Gasteiger charge is 2.45. The Morgan fingerprint density at radius 2 is 2.00 bits per heavy atom. The molecule has 1 unspecified atom stereocenters. The van der Waals surface area contributed by atoms with Crippen LogP contribution in [-0.4, -0.2) is 5.78 Å². The molecule has 16 heavy (non-hydrogen) atoms. The van der Waals surface area contributed by atoms with Crippen LogP contribution in [0.4, 0.5) is 0 Å². The monoisotopic (exact) mass is 234 g/mol. The highest BCUT2D eigenvalue weighted by molar-refractivity contribution is 6.48. The van der Waals surface area contributed by atoms with Crippen molar-refractivity contribution in [1.82, 2.24) is 0 Å². The van der Waals surface area contributed by atoms with Gasteiger partial charge in [0.15, 0.2) is 0 Å². The van der Waals surface area contributed by atoms with E-state index in [0.29, 0.717) is 12.2 Å². The summed E-state index contributed by atoms with van der Waals surface area (Å²) in [5.41, 5.74) is 0.772. The van der Waals surface area contributed by atoms with Crippen LogP contribution in [0.3, 0.4) is 0 Å². The van der Waals surface area contributed by atoms with Crippen molar-refractivity contribution in [2.75, 3.05) is 0 Å². The number of carbonyl (C=O) groups excluding carboxylic acids is 1. The summed E-state index contributed by atoms with van der Waals surface area (Å²) in [5, 5.41) is 0.742. The molecule has 1 aromatic rings. The van der Waals surface area contributed by atoms with Gasteiger partial charge in [0, 0.05) is 16.9 Å². The topological polar surface area (TPSA) is 17.1 Å². The van der Waals surface area contributed by atoms with Gasteiger partial charge in [0.05, 0.1) is 0 Å². The normalized spacial score (nSPS) is 24.1. The molecule has 0 aromatic heterocycles. The van der Waals surface area contributed by atoms with Gasteiger partial charge in [-0.3, -0.25) is 4.79 Å². The lowest BCUT2D eigenvalue weighted by atomic mass is 9.61. The zero-order chi connectivity index (χ0) is 11.8. The number of benzene rings is 1. The van der Waals surface area contributed by atoms with Crippen molar-refractivity contribution in [3.8, 4) is 0 Å². The van der Waals surface area contributed by atoms with Gasteiger partial charge in [0.1, 0.15) is 5.78 Å². The number of ketones is 1. The van der Waals surface area contributed by atoms with Crippen LogP contribution in [0.5, 0.6) is 0 Å². The van der Waals surface area contributed by atoms with Crippen LogP contribution in [0.1, 0.15) is 25.8 Å². The summed E-state index contributed by atoms with van der Waals surface area (Å²) < 4.78 is 0. The van der Waals surface area contributed by atoms with Crippen LogP contribution in [-0.2, 0) is 4.79 Å². The van der Waals surface area contributed by atoms with Crippen molar-refractivity contribution >= 4 is 22.4 Å². The molecule has 0 amide bonds. The van der Waals surface area contributed by atoms with E-state index in [1.807, 2.05) is 50.3 Å². The fraction of sp³-hybridized carbons (Fsp3) is 0.357. The maximum absolute atomic E-state index is 11.4. The third-order valence-corrected chi connectivity index (χ3v) is 3.79. The molecule has 2 heteroatoms. The molecule has 1 saturated carbocycles. The third-order valence-electron chi connectivity index (χ3n) is 3.45. The number of carbonyl (C=O) groups is 1. The van der Waals surface area contributed by atoms with E-state index in [1.165, 1.54) is 0 Å². The first-order valence-corrected chi connectivity index (χ1v) is 5.85. The van der Waals surface area contributed by atoms with Gasteiger partial charge in [-0.05, 0) is 11.5 Å². The van der Waals surface area contributed by atoms with Gasteiger partial charge in [-0.15, -0.1) is 0 Å². The first-order valence-electron chi connectivity index (χ1n) is 5.48. The Labute approximate surface area is 101 Å². The predicted molar refractivity (Wildman–Crippen MR) is 67.2 cm³/mol. The first kappa shape index (κ1) is 11.4. The van der Waals surface area contributed by atoms with E-state index in [0.717, 1.165) is 10.6 Å². The Hall–Kier alpha value is -1.08. The molecule has 1 nitrogen and oxygen atoms in total. The minimum atomic E-state index is -0.241. The van der Waals surface area contributed by atoms with Crippen LogP contribution in [0.2, 0.25) is 0 Å². The molecule has 1 aliphatic rings. The molecular formula is C14H15ClO. The second kappa shape index (κ2) is 4.06. The van der Waals surface area contributed by atoms with Gasteiger partial charge in [-0.1, -0.05) is 61.9 Å². The summed E-state index contributed by atoms with van der Waals surface area (Å²) in [6.45, 7) is 3.96. The molecule has 1 aromatic carbocycles. The van der Waals surface area contributed by atoms with Gasteiger partial charge in [-0.2, -0.15) is 0 Å². The van der Waals surface area contributed by atoms with E-state index in [-0.39, 0.29) is 11.3 Å². The zero-order valence-corrected chi connectivity index (χ0v) is 10.3. The highest BCUT2D eigenvalue weighted by atomic mass is 35.5. The molecule has 1 aliphatic carbocycles. The molecule has 0 saturated heterocycles. The Bertz CT molecular complexity index is 431. The van der Waals surface area contributed by atoms with Crippen molar-refractivity contribution in [3.05, 3.63) is 42.0 Å². The minimum Gasteiger partial charge on any atom is -0.299 e. The summed E-state index contributed by atoms with van der Waals surface area (Å²) >= 11 is 6.24. The summed E-state index contributed by atoms with van der Waals surface area (Å²) in [6.07, 6.45) is 2.63. The van der Waals surface area contributed by atoms with Crippen LogP contribution >= 0.6 is 11.6 Å². The quantitative estimate of drug-likeness (QED) is 0.759. The SMILES string of the molecule is CC1(C)C(=O)CC1/C=C(\Cl)c1ccccc1. The molecule has 1 atom stereocenters. The summed E-state index contributed by atoms with van der Waals surface area (Å²) in [6, 6.07) is 9.84. The molecule has 2 rings (SSSR count). The number of rotatable bonds is 2. The second-order valence-corrected chi connectivity index (χ2v) is 5.24. The minimum absolute atomic E-state index is 0.241. The lowest BCUT2D eigenvalue weighted by molar-refractivity contribution is -0.139. The average Bonchev–Trinajstić information content (AvgIpc) is 2.29. The number of allylic oxidation sites excluding steroid dienone is 1. The number of hydrogen-bond donors (Lipinski definition) is 0. The molecular weight excluding hydrogens is 220 g/mol. The van der Waals surface area contributed by atoms with Gasteiger partial charge in [0.25, 0.3) is 0 Å². The van der Waals surface area contributed by atoms with Crippen molar-refractivity contribution in [1.29, 1.82) is 0 Å². The Morgan fingerprint density at radius 1 is 1.38 bits per heavy atom. The van der Waals surface area contributed by atoms with Crippen LogP contribution in [0, 0.1) is 11.3 Å². The van der Waals surface area contributed by atoms with Gasteiger partial charge >= 0.3 is 0 Å². The molecule has 1 fully saturated rings. The third kappa shape index (κ3) is 1.92. The molecule has 0 bridgehead atoms. The van der Waals surface area contributed by atoms with Crippen molar-refractivity contribution in [3.63, 3.8) is 0 Å². The Morgan fingerprint density at radius 3 is 2.50 bits per heavy atom. The fourth-order valence-electron chi connectivity index (χ4n) is 1.93. The average molecular weight is 235 g/mol. The van der Waals surface area contributed by atoms with Crippen LogP contribution in [0.15, 0.2) is 36.4 Å². The Balaban J connectivity index is 2.18. The Kier molecular flexibility index (Phi) is 2.90. The second-order valence-electron chi connectivity index (χ2n) is 4.84. The smallest absolute Gasteiger partial charge is 0.139 e. The van der Waals surface area contributed by atoms with Crippen molar-refractivity contribution < 1.29 is 4.79 Å². The summed E-state index contributed by atoms with van der Waals surface area (Å²) in [7, 11) is 0. The lowest BCUT2D eigenvalue weighted by Gasteiger charge is -2.40. The fourth-order valence-corrected chi connectivity index (χ4v) is 2.21. The summed E-state index contributed by atoms with van der Waals surface area (Å²) in [5.74, 6) is 0.596. The van der Waals surface area contributed by atoms with Gasteiger partial charge in [-0.25, -0.2) is 0 Å². The van der Waals surface area contributed by atoms with E-state index in [2.05, 4.69) is 0 Å². The predicted octanol–water partition coefficient (Wildman–Crippen LogP) is 3.88. The van der Waals surface area contributed by atoms with Crippen molar-refractivity contribution in [2.24, 2.45) is 11.3 Å². The molecule has 0 N–H and O–H groups in total. The highest BCUT2D eigenvalue weighted by Crippen LogP contribution is 2.44. The molecule has 0 heterocycles. The van der Waals surface area contributed by atoms with E-state index < -0.39 is 0 Å². The molecule has 84 valence electrons. The van der Waals surface area contributed by atoms with E-state index in [4.69, 9.17) is 11.6 Å². The van der Waals surface area contributed by atoms with E-state index in [9.17, 15) is 4.79 Å². The lowest BCUT2D eigenvalue weighted by Crippen LogP contribution is -2.44.